The Labute approximate surface area is 133 Å². The van der Waals surface area contributed by atoms with Crippen molar-refractivity contribution in [3.05, 3.63) is 53.3 Å². The van der Waals surface area contributed by atoms with Crippen molar-refractivity contribution < 1.29 is 13.9 Å². The second-order valence-electron chi connectivity index (χ2n) is 5.90. The highest BCUT2D eigenvalue weighted by molar-refractivity contribution is 5.89. The van der Waals surface area contributed by atoms with Crippen LogP contribution < -0.4 is 5.32 Å². The molecule has 5 heteroatoms. The van der Waals surface area contributed by atoms with Gasteiger partial charge in [0, 0.05) is 16.7 Å². The van der Waals surface area contributed by atoms with Gasteiger partial charge in [-0.25, -0.2) is 9.18 Å². The summed E-state index contributed by atoms with van der Waals surface area (Å²) in [5.74, 6) is -0.396. The number of nitriles is 1. The maximum absolute atomic E-state index is 14.6. The third kappa shape index (κ3) is 2.64. The zero-order valence-corrected chi connectivity index (χ0v) is 12.8. The highest BCUT2D eigenvalue weighted by Crippen LogP contribution is 2.38. The largest absolute Gasteiger partial charge is 0.438 e. The molecule has 2 aromatic rings. The van der Waals surface area contributed by atoms with Gasteiger partial charge in [0.25, 0.3) is 0 Å². The van der Waals surface area contributed by atoms with Gasteiger partial charge in [-0.1, -0.05) is 24.3 Å². The number of amides is 1. The highest BCUT2D eigenvalue weighted by Gasteiger charge is 2.33. The zero-order chi connectivity index (χ0) is 16.6. The van der Waals surface area contributed by atoms with Crippen LogP contribution in [0.1, 0.15) is 25.0 Å². The van der Waals surface area contributed by atoms with Crippen molar-refractivity contribution in [3.8, 4) is 17.2 Å². The van der Waals surface area contributed by atoms with E-state index in [4.69, 9.17) is 10.00 Å². The van der Waals surface area contributed by atoms with Crippen molar-refractivity contribution in [3.63, 3.8) is 0 Å². The van der Waals surface area contributed by atoms with E-state index >= 15 is 0 Å². The van der Waals surface area contributed by atoms with E-state index in [2.05, 4.69) is 5.32 Å². The fraction of sp³-hybridized carbons (Fsp3) is 0.222. The average molecular weight is 310 g/mol. The summed E-state index contributed by atoms with van der Waals surface area (Å²) in [5, 5.41) is 11.4. The number of rotatable bonds is 2. The second-order valence-corrected chi connectivity index (χ2v) is 5.90. The molecule has 1 N–H and O–H groups in total. The van der Waals surface area contributed by atoms with Crippen LogP contribution in [0.15, 0.2) is 36.4 Å². The van der Waals surface area contributed by atoms with Crippen molar-refractivity contribution in [2.45, 2.75) is 25.9 Å². The first kappa shape index (κ1) is 15.0. The summed E-state index contributed by atoms with van der Waals surface area (Å²) in [4.78, 5) is 11.5. The number of ether oxygens (including phenoxy) is 1. The predicted molar refractivity (Wildman–Crippen MR) is 84.3 cm³/mol. The van der Waals surface area contributed by atoms with Gasteiger partial charge < -0.3 is 4.74 Å². The molecule has 23 heavy (non-hydrogen) atoms. The Morgan fingerprint density at radius 3 is 2.83 bits per heavy atom. The number of hydrogen-bond acceptors (Lipinski definition) is 3. The summed E-state index contributed by atoms with van der Waals surface area (Å²) >= 11 is 0. The van der Waals surface area contributed by atoms with Gasteiger partial charge in [-0.2, -0.15) is 5.26 Å². The number of anilines is 1. The first-order chi connectivity index (χ1) is 10.9. The first-order valence-electron chi connectivity index (χ1n) is 7.21. The van der Waals surface area contributed by atoms with E-state index in [9.17, 15) is 9.18 Å². The van der Waals surface area contributed by atoms with Crippen LogP contribution in [0.5, 0.6) is 0 Å². The van der Waals surface area contributed by atoms with Crippen molar-refractivity contribution >= 4 is 11.8 Å². The molecular formula is C18H15FN2O2. The fourth-order valence-corrected chi connectivity index (χ4v) is 2.77. The summed E-state index contributed by atoms with van der Waals surface area (Å²) in [5.41, 5.74) is 2.10. The van der Waals surface area contributed by atoms with Crippen LogP contribution in [-0.4, -0.2) is 6.09 Å². The summed E-state index contributed by atoms with van der Waals surface area (Å²) in [6.45, 7) is 3.58. The topological polar surface area (TPSA) is 62.1 Å². The van der Waals surface area contributed by atoms with E-state index in [1.165, 1.54) is 0 Å². The molecule has 0 radical (unpaired) electrons. The van der Waals surface area contributed by atoms with Crippen LogP contribution in [0.4, 0.5) is 14.9 Å². The molecule has 0 saturated heterocycles. The molecule has 0 aliphatic carbocycles. The van der Waals surface area contributed by atoms with Gasteiger partial charge in [-0.3, -0.25) is 5.32 Å². The first-order valence-corrected chi connectivity index (χ1v) is 7.21. The maximum Gasteiger partial charge on any atom is 0.412 e. The number of fused-ring (bicyclic) bond motifs is 1. The Kier molecular flexibility index (Phi) is 3.53. The highest BCUT2D eigenvalue weighted by atomic mass is 19.1. The van der Waals surface area contributed by atoms with Gasteiger partial charge >= 0.3 is 6.09 Å². The van der Waals surface area contributed by atoms with Crippen molar-refractivity contribution in [2.75, 3.05) is 5.32 Å². The van der Waals surface area contributed by atoms with Crippen LogP contribution in [0.25, 0.3) is 11.1 Å². The lowest BCUT2D eigenvalue weighted by molar-refractivity contribution is 0.0421. The van der Waals surface area contributed by atoms with Crippen LogP contribution >= 0.6 is 0 Å². The summed E-state index contributed by atoms with van der Waals surface area (Å²) in [6.07, 6.45) is -0.479. The van der Waals surface area contributed by atoms with Crippen LogP contribution in [0.3, 0.4) is 0 Å². The zero-order valence-electron chi connectivity index (χ0n) is 12.8. The van der Waals surface area contributed by atoms with Gasteiger partial charge in [0.05, 0.1) is 18.2 Å². The van der Waals surface area contributed by atoms with Gasteiger partial charge in [0.1, 0.15) is 11.4 Å². The van der Waals surface area contributed by atoms with Crippen molar-refractivity contribution in [2.24, 2.45) is 0 Å². The molecule has 2 aromatic carbocycles. The molecule has 116 valence electrons. The van der Waals surface area contributed by atoms with Gasteiger partial charge in [0.2, 0.25) is 0 Å². The number of carbonyl (C=O) groups is 1. The number of halogens is 1. The molecule has 0 spiro atoms. The molecule has 0 unspecified atom stereocenters. The van der Waals surface area contributed by atoms with E-state index in [0.717, 1.165) is 5.56 Å². The quantitative estimate of drug-likeness (QED) is 0.896. The lowest BCUT2D eigenvalue weighted by atomic mass is 9.90. The normalized spacial score (nSPS) is 15.1. The number of nitrogens with one attached hydrogen (secondary N) is 1. The SMILES string of the molecule is CC1(C)OC(=O)Nc2ccc(-c3cccc(CC#N)c3F)cc21. The maximum atomic E-state index is 14.6. The van der Waals surface area contributed by atoms with E-state index < -0.39 is 17.5 Å². The van der Waals surface area contributed by atoms with Crippen molar-refractivity contribution in [1.82, 2.24) is 0 Å². The Balaban J connectivity index is 2.12. The van der Waals surface area contributed by atoms with Gasteiger partial charge in [0.15, 0.2) is 0 Å². The number of nitrogens with zero attached hydrogens (tertiary/aromatic N) is 1. The predicted octanol–water partition coefficient (Wildman–Crippen LogP) is 4.36. The molecular weight excluding hydrogens is 295 g/mol. The molecule has 4 nitrogen and oxygen atoms in total. The van der Waals surface area contributed by atoms with Crippen LogP contribution in [-0.2, 0) is 16.8 Å². The van der Waals surface area contributed by atoms with E-state index in [1.54, 1.807) is 44.2 Å². The van der Waals surface area contributed by atoms with E-state index in [0.29, 0.717) is 22.4 Å². The molecule has 0 aromatic heterocycles. The third-order valence-corrected chi connectivity index (χ3v) is 3.91. The monoisotopic (exact) mass is 310 g/mol. The minimum atomic E-state index is -0.797. The third-order valence-electron chi connectivity index (χ3n) is 3.91. The fourth-order valence-electron chi connectivity index (χ4n) is 2.77. The number of carbonyl (C=O) groups excluding carboxylic acids is 1. The summed E-state index contributed by atoms with van der Waals surface area (Å²) < 4.78 is 19.9. The Morgan fingerprint density at radius 2 is 2.09 bits per heavy atom. The molecule has 1 amide bonds. The van der Waals surface area contributed by atoms with E-state index in [-0.39, 0.29) is 6.42 Å². The van der Waals surface area contributed by atoms with Gasteiger partial charge in [-0.05, 0) is 31.5 Å². The number of hydrogen-bond donors (Lipinski definition) is 1. The molecule has 0 fully saturated rings. The van der Waals surface area contributed by atoms with Crippen LogP contribution in [0, 0.1) is 17.1 Å². The smallest absolute Gasteiger partial charge is 0.412 e. The average Bonchev–Trinajstić information content (AvgIpc) is 2.49. The lowest BCUT2D eigenvalue weighted by Crippen LogP contribution is -2.34. The Morgan fingerprint density at radius 1 is 1.30 bits per heavy atom. The summed E-state index contributed by atoms with van der Waals surface area (Å²) in [6, 6.07) is 12.3. The Hall–Kier alpha value is -2.87. The van der Waals surface area contributed by atoms with Crippen molar-refractivity contribution in [1.29, 1.82) is 5.26 Å². The lowest BCUT2D eigenvalue weighted by Gasteiger charge is -2.32. The standard InChI is InChI=1S/C18H15FN2O2/c1-18(2)14-10-12(6-7-15(14)21-17(22)23-18)13-5-3-4-11(8-9-20)16(13)19/h3-7,10H,8H2,1-2H3,(H,21,22). The molecule has 1 aliphatic rings. The molecule has 0 atom stereocenters. The minimum Gasteiger partial charge on any atom is -0.438 e. The minimum absolute atomic E-state index is 0.0231. The van der Waals surface area contributed by atoms with E-state index in [1.807, 2.05) is 12.1 Å². The molecule has 1 aliphatic heterocycles. The molecule has 0 saturated carbocycles. The molecule has 0 bridgehead atoms. The Bertz CT molecular complexity index is 837. The second kappa shape index (κ2) is 5.40. The molecule has 3 rings (SSSR count). The number of cyclic esters (lactones) is 1. The summed E-state index contributed by atoms with van der Waals surface area (Å²) in [7, 11) is 0. The van der Waals surface area contributed by atoms with Crippen LogP contribution in [0.2, 0.25) is 0 Å². The number of benzene rings is 2. The molecule has 1 heterocycles. The van der Waals surface area contributed by atoms with Gasteiger partial charge in [-0.15, -0.1) is 0 Å².